The van der Waals surface area contributed by atoms with Crippen LogP contribution in [-0.2, 0) is 12.7 Å². The molecule has 0 fully saturated rings. The molecule has 116 valence electrons. The average molecular weight is 308 g/mol. The van der Waals surface area contributed by atoms with Crippen LogP contribution in [0.15, 0.2) is 30.5 Å². The van der Waals surface area contributed by atoms with Gasteiger partial charge >= 0.3 is 6.18 Å². The van der Waals surface area contributed by atoms with E-state index >= 15 is 0 Å². The van der Waals surface area contributed by atoms with Crippen LogP contribution in [0.4, 0.5) is 13.2 Å². The highest BCUT2D eigenvalue weighted by atomic mass is 19.4. The zero-order chi connectivity index (χ0) is 16.2. The Labute approximate surface area is 126 Å². The number of hydrogen-bond donors (Lipinski definition) is 0. The van der Waals surface area contributed by atoms with Gasteiger partial charge in [-0.05, 0) is 26.2 Å². The Morgan fingerprint density at radius 1 is 1.14 bits per heavy atom. The fourth-order valence-corrected chi connectivity index (χ4v) is 1.69. The summed E-state index contributed by atoms with van der Waals surface area (Å²) in [5.41, 5.74) is 0.418. The van der Waals surface area contributed by atoms with Gasteiger partial charge in [-0.1, -0.05) is 29.2 Å². The van der Waals surface area contributed by atoms with Crippen LogP contribution >= 0.6 is 0 Å². The number of rotatable bonds is 3. The van der Waals surface area contributed by atoms with E-state index in [1.165, 1.54) is 12.1 Å². The third-order valence-electron chi connectivity index (χ3n) is 2.81. The fourth-order valence-electron chi connectivity index (χ4n) is 1.69. The number of halogens is 3. The van der Waals surface area contributed by atoms with Gasteiger partial charge in [-0.2, -0.15) is 13.2 Å². The second kappa shape index (κ2) is 6.62. The minimum absolute atomic E-state index is 0.390. The van der Waals surface area contributed by atoms with E-state index in [4.69, 9.17) is 0 Å². The largest absolute Gasteiger partial charge is 0.416 e. The molecule has 0 radical (unpaired) electrons. The van der Waals surface area contributed by atoms with E-state index in [9.17, 15) is 13.2 Å². The molecular formula is C15H15F3N4. The van der Waals surface area contributed by atoms with E-state index in [0.29, 0.717) is 24.3 Å². The van der Waals surface area contributed by atoms with Gasteiger partial charge in [-0.3, -0.25) is 4.90 Å². The number of hydrogen-bond acceptors (Lipinski definition) is 3. The molecule has 22 heavy (non-hydrogen) atoms. The first-order valence-electron chi connectivity index (χ1n) is 6.54. The molecule has 2 aromatic rings. The number of benzene rings is 1. The van der Waals surface area contributed by atoms with E-state index in [1.54, 1.807) is 10.9 Å². The predicted molar refractivity (Wildman–Crippen MR) is 76.8 cm³/mol. The molecule has 2 rings (SSSR count). The van der Waals surface area contributed by atoms with Crippen molar-refractivity contribution in [3.63, 3.8) is 0 Å². The van der Waals surface area contributed by atoms with Gasteiger partial charge in [-0.25, -0.2) is 4.68 Å². The summed E-state index contributed by atoms with van der Waals surface area (Å²) < 4.78 is 39.1. The molecule has 0 atom stereocenters. The van der Waals surface area contributed by atoms with Crippen LogP contribution in [0.25, 0.3) is 11.3 Å². The van der Waals surface area contributed by atoms with Gasteiger partial charge in [0.25, 0.3) is 0 Å². The monoisotopic (exact) mass is 308 g/mol. The quantitative estimate of drug-likeness (QED) is 0.817. The summed E-state index contributed by atoms with van der Waals surface area (Å²) in [6.07, 6.45) is -2.68. The lowest BCUT2D eigenvalue weighted by molar-refractivity contribution is -0.137. The van der Waals surface area contributed by atoms with Crippen molar-refractivity contribution in [1.29, 1.82) is 0 Å². The van der Waals surface area contributed by atoms with E-state index in [2.05, 4.69) is 22.2 Å². The van der Waals surface area contributed by atoms with Crippen molar-refractivity contribution in [3.8, 4) is 23.1 Å². The van der Waals surface area contributed by atoms with Crippen LogP contribution in [0.3, 0.4) is 0 Å². The zero-order valence-corrected chi connectivity index (χ0v) is 12.2. The van der Waals surface area contributed by atoms with Gasteiger partial charge in [0.15, 0.2) is 0 Å². The molecular weight excluding hydrogens is 293 g/mol. The maximum atomic E-state index is 12.5. The highest BCUT2D eigenvalue weighted by Gasteiger charge is 2.30. The Morgan fingerprint density at radius 3 is 2.41 bits per heavy atom. The first kappa shape index (κ1) is 16.0. The van der Waals surface area contributed by atoms with Crippen molar-refractivity contribution in [1.82, 2.24) is 19.9 Å². The van der Waals surface area contributed by atoms with Gasteiger partial charge < -0.3 is 0 Å². The Hall–Kier alpha value is -2.33. The topological polar surface area (TPSA) is 34.0 Å². The summed E-state index contributed by atoms with van der Waals surface area (Å²) in [6.45, 7) is 1.04. The molecule has 1 aromatic heterocycles. The van der Waals surface area contributed by atoms with Crippen molar-refractivity contribution in [2.24, 2.45) is 0 Å². The lowest BCUT2D eigenvalue weighted by Gasteiger charge is -2.06. The van der Waals surface area contributed by atoms with Crippen molar-refractivity contribution in [2.45, 2.75) is 12.7 Å². The van der Waals surface area contributed by atoms with Gasteiger partial charge in [0.05, 0.1) is 18.3 Å². The van der Waals surface area contributed by atoms with Crippen molar-refractivity contribution < 1.29 is 13.2 Å². The standard InChI is InChI=1S/C15H15F3N4/c1-21(2)9-3-4-10-22-11-14(19-20-22)12-5-7-13(8-6-12)15(16,17)18/h5-8,11H,9-10H2,1-2H3. The first-order chi connectivity index (χ1) is 10.4. The van der Waals surface area contributed by atoms with Crippen LogP contribution in [0.2, 0.25) is 0 Å². The Morgan fingerprint density at radius 2 is 1.82 bits per heavy atom. The number of alkyl halides is 3. The van der Waals surface area contributed by atoms with Crippen molar-refractivity contribution in [3.05, 3.63) is 36.0 Å². The molecule has 0 saturated carbocycles. The Bertz CT molecular complexity index is 675. The molecule has 0 spiro atoms. The maximum Gasteiger partial charge on any atom is 0.416 e. The smallest absolute Gasteiger partial charge is 0.299 e. The summed E-state index contributed by atoms with van der Waals surface area (Å²) >= 11 is 0. The van der Waals surface area contributed by atoms with Crippen LogP contribution in [0.1, 0.15) is 5.56 Å². The molecule has 0 amide bonds. The molecule has 0 bridgehead atoms. The van der Waals surface area contributed by atoms with E-state index in [0.717, 1.165) is 12.1 Å². The van der Waals surface area contributed by atoms with Crippen LogP contribution in [0.5, 0.6) is 0 Å². The Kier molecular flexibility index (Phi) is 4.83. The third-order valence-corrected chi connectivity index (χ3v) is 2.81. The Balaban J connectivity index is 2.06. The molecule has 1 aromatic carbocycles. The summed E-state index contributed by atoms with van der Waals surface area (Å²) in [6, 6.07) is 4.83. The minimum Gasteiger partial charge on any atom is -0.299 e. The molecule has 0 N–H and O–H groups in total. The van der Waals surface area contributed by atoms with Gasteiger partial charge in [-0.15, -0.1) is 5.10 Å². The van der Waals surface area contributed by atoms with E-state index in [1.807, 2.05) is 19.0 Å². The van der Waals surface area contributed by atoms with Crippen LogP contribution < -0.4 is 0 Å². The maximum absolute atomic E-state index is 12.5. The van der Waals surface area contributed by atoms with E-state index < -0.39 is 11.7 Å². The highest BCUT2D eigenvalue weighted by Crippen LogP contribution is 2.30. The van der Waals surface area contributed by atoms with Crippen molar-refractivity contribution >= 4 is 0 Å². The first-order valence-corrected chi connectivity index (χ1v) is 6.54. The number of aromatic nitrogens is 3. The van der Waals surface area contributed by atoms with Crippen LogP contribution in [0, 0.1) is 11.8 Å². The van der Waals surface area contributed by atoms with Crippen LogP contribution in [-0.4, -0.2) is 40.5 Å². The minimum atomic E-state index is -4.34. The highest BCUT2D eigenvalue weighted by molar-refractivity contribution is 5.58. The van der Waals surface area contributed by atoms with Crippen molar-refractivity contribution in [2.75, 3.05) is 20.6 Å². The summed E-state index contributed by atoms with van der Waals surface area (Å²) in [5, 5.41) is 7.85. The molecule has 1 heterocycles. The predicted octanol–water partition coefficient (Wildman–Crippen LogP) is 2.53. The number of nitrogens with zero attached hydrogens (tertiary/aromatic N) is 4. The fraction of sp³-hybridized carbons (Fsp3) is 0.333. The van der Waals surface area contributed by atoms with Gasteiger partial charge in [0.1, 0.15) is 12.2 Å². The van der Waals surface area contributed by atoms with Gasteiger partial charge in [0, 0.05) is 5.56 Å². The second-order valence-electron chi connectivity index (χ2n) is 4.97. The zero-order valence-electron chi connectivity index (χ0n) is 12.2. The summed E-state index contributed by atoms with van der Waals surface area (Å²) in [7, 11) is 3.85. The average Bonchev–Trinajstić information content (AvgIpc) is 2.91. The third kappa shape index (κ3) is 4.33. The molecule has 0 saturated heterocycles. The molecule has 0 aliphatic heterocycles. The summed E-state index contributed by atoms with van der Waals surface area (Å²) in [4.78, 5) is 1.95. The summed E-state index contributed by atoms with van der Waals surface area (Å²) in [5.74, 6) is 5.92. The molecule has 0 aliphatic carbocycles. The van der Waals surface area contributed by atoms with Gasteiger partial charge in [0.2, 0.25) is 0 Å². The molecule has 7 heteroatoms. The normalized spacial score (nSPS) is 11.4. The lowest BCUT2D eigenvalue weighted by atomic mass is 10.1. The van der Waals surface area contributed by atoms with E-state index in [-0.39, 0.29) is 0 Å². The lowest BCUT2D eigenvalue weighted by Crippen LogP contribution is -2.11. The molecule has 4 nitrogen and oxygen atoms in total. The SMILES string of the molecule is CN(C)CC#CCn1cc(-c2ccc(C(F)(F)F)cc2)nn1. The second-order valence-corrected chi connectivity index (χ2v) is 4.97. The molecule has 0 unspecified atom stereocenters. The molecule has 0 aliphatic rings.